The van der Waals surface area contributed by atoms with Crippen LogP contribution in [0.15, 0.2) is 42.7 Å². The van der Waals surface area contributed by atoms with Crippen LogP contribution in [-0.4, -0.2) is 44.0 Å². The van der Waals surface area contributed by atoms with Gasteiger partial charge in [0.25, 0.3) is 0 Å². The van der Waals surface area contributed by atoms with Crippen LogP contribution in [0.3, 0.4) is 0 Å². The summed E-state index contributed by atoms with van der Waals surface area (Å²) in [6.07, 6.45) is 5.20. The number of hydrogen-bond donors (Lipinski definition) is 1. The highest BCUT2D eigenvalue weighted by atomic mass is 35.5. The fourth-order valence-electron chi connectivity index (χ4n) is 3.96. The number of hydrogen-bond acceptors (Lipinski definition) is 6. The van der Waals surface area contributed by atoms with E-state index < -0.39 is 5.97 Å². The molecule has 0 amide bonds. The van der Waals surface area contributed by atoms with Gasteiger partial charge in [-0.1, -0.05) is 23.2 Å². The molecule has 3 heterocycles. The summed E-state index contributed by atoms with van der Waals surface area (Å²) in [4.78, 5) is 26.3. The van der Waals surface area contributed by atoms with Crippen molar-refractivity contribution in [2.45, 2.75) is 32.7 Å². The van der Waals surface area contributed by atoms with Crippen LogP contribution in [0.1, 0.15) is 30.7 Å². The summed E-state index contributed by atoms with van der Waals surface area (Å²) in [5.41, 5.74) is 2.51. The number of ether oxygens (including phenoxy) is 1. The molecule has 0 spiro atoms. The number of nitrogens with zero attached hydrogens (tertiary/aromatic N) is 4. The maximum atomic E-state index is 11.0. The second-order valence-electron chi connectivity index (χ2n) is 8.24. The fraction of sp³-hybridized carbons (Fsp3) is 0.333. The van der Waals surface area contributed by atoms with Crippen LogP contribution in [0.2, 0.25) is 10.0 Å². The van der Waals surface area contributed by atoms with Crippen LogP contribution < -0.4 is 4.74 Å². The molecule has 1 aliphatic heterocycles. The van der Waals surface area contributed by atoms with Gasteiger partial charge < -0.3 is 9.84 Å². The number of aryl methyl sites for hydroxylation is 1. The zero-order chi connectivity index (χ0) is 23.4. The lowest BCUT2D eigenvalue weighted by Crippen LogP contribution is -2.33. The lowest BCUT2D eigenvalue weighted by molar-refractivity contribution is -0.138. The van der Waals surface area contributed by atoms with Gasteiger partial charge in [0.1, 0.15) is 5.82 Å². The molecule has 4 rings (SSSR count). The molecule has 1 saturated heterocycles. The third-order valence-corrected chi connectivity index (χ3v) is 6.01. The van der Waals surface area contributed by atoms with E-state index in [1.54, 1.807) is 18.5 Å². The third kappa shape index (κ3) is 6.63. The van der Waals surface area contributed by atoms with Gasteiger partial charge in [-0.3, -0.25) is 9.69 Å². The van der Waals surface area contributed by atoms with Crippen LogP contribution >= 0.6 is 23.2 Å². The monoisotopic (exact) mass is 486 g/mol. The first-order valence-corrected chi connectivity index (χ1v) is 11.5. The molecule has 0 saturated carbocycles. The predicted molar refractivity (Wildman–Crippen MR) is 127 cm³/mol. The molecule has 0 atom stereocenters. The Morgan fingerprint density at radius 2 is 1.76 bits per heavy atom. The Balaban J connectivity index is 1.58. The normalized spacial score (nSPS) is 14.9. The maximum absolute atomic E-state index is 11.0. The quantitative estimate of drug-likeness (QED) is 0.462. The van der Waals surface area contributed by atoms with Crippen molar-refractivity contribution < 1.29 is 14.6 Å². The van der Waals surface area contributed by atoms with E-state index >= 15 is 0 Å². The highest BCUT2D eigenvalue weighted by Gasteiger charge is 2.22. The molecule has 0 aliphatic carbocycles. The summed E-state index contributed by atoms with van der Waals surface area (Å²) in [5.74, 6) is 1.08. The Bertz CT molecular complexity index is 1110. The number of benzene rings is 1. The maximum Gasteiger partial charge on any atom is 0.303 e. The van der Waals surface area contributed by atoms with Gasteiger partial charge in [0, 0.05) is 34.6 Å². The summed E-state index contributed by atoms with van der Waals surface area (Å²) in [6.45, 7) is 4.20. The molecule has 0 radical (unpaired) electrons. The first-order valence-electron chi connectivity index (χ1n) is 10.7. The van der Waals surface area contributed by atoms with Gasteiger partial charge in [-0.15, -0.1) is 0 Å². The number of pyridine rings is 1. The van der Waals surface area contributed by atoms with Crippen molar-refractivity contribution in [1.82, 2.24) is 19.9 Å². The van der Waals surface area contributed by atoms with Crippen LogP contribution in [-0.2, 0) is 11.3 Å². The standard InChI is InChI=1S/C24H24Cl2N4O3/c1-15-27-12-21(13-28-15)33-23-7-17(14-30-4-2-16(3-5-30)8-24(31)32)6-22(29-23)18-9-19(25)11-20(26)10-18/h6-7,9-13,16H,2-5,8,14H2,1H3,(H,31,32). The Labute approximate surface area is 202 Å². The molecule has 33 heavy (non-hydrogen) atoms. The van der Waals surface area contributed by atoms with Crippen molar-refractivity contribution in [2.24, 2.45) is 5.92 Å². The highest BCUT2D eigenvalue weighted by Crippen LogP contribution is 2.30. The molecule has 3 aromatic rings. The summed E-state index contributed by atoms with van der Waals surface area (Å²) >= 11 is 12.4. The number of piperidine rings is 1. The van der Waals surface area contributed by atoms with E-state index in [9.17, 15) is 4.79 Å². The number of carbonyl (C=O) groups is 1. The van der Waals surface area contributed by atoms with Gasteiger partial charge >= 0.3 is 5.97 Å². The van der Waals surface area contributed by atoms with E-state index in [2.05, 4.69) is 19.9 Å². The van der Waals surface area contributed by atoms with Crippen LogP contribution in [0.4, 0.5) is 0 Å². The molecule has 0 unspecified atom stereocenters. The lowest BCUT2D eigenvalue weighted by atomic mass is 9.93. The molecular formula is C24H24Cl2N4O3. The van der Waals surface area contributed by atoms with E-state index in [0.717, 1.165) is 37.1 Å². The molecular weight excluding hydrogens is 463 g/mol. The van der Waals surface area contributed by atoms with E-state index in [-0.39, 0.29) is 12.3 Å². The number of aromatic nitrogens is 3. The van der Waals surface area contributed by atoms with Gasteiger partial charge in [0.2, 0.25) is 5.88 Å². The first-order chi connectivity index (χ1) is 15.8. The second kappa shape index (κ2) is 10.5. The van der Waals surface area contributed by atoms with Gasteiger partial charge in [0.05, 0.1) is 18.1 Å². The molecule has 1 fully saturated rings. The lowest BCUT2D eigenvalue weighted by Gasteiger charge is -2.31. The molecule has 9 heteroatoms. The minimum atomic E-state index is -0.728. The van der Waals surface area contributed by atoms with Crippen molar-refractivity contribution >= 4 is 29.2 Å². The fourth-order valence-corrected chi connectivity index (χ4v) is 4.49. The molecule has 7 nitrogen and oxygen atoms in total. The molecule has 1 aromatic carbocycles. The van der Waals surface area contributed by atoms with Gasteiger partial charge in [-0.2, -0.15) is 0 Å². The average molecular weight is 487 g/mol. The minimum Gasteiger partial charge on any atom is -0.481 e. The van der Waals surface area contributed by atoms with Crippen LogP contribution in [0.5, 0.6) is 11.6 Å². The highest BCUT2D eigenvalue weighted by molar-refractivity contribution is 6.35. The van der Waals surface area contributed by atoms with E-state index in [0.29, 0.717) is 39.7 Å². The van der Waals surface area contributed by atoms with E-state index in [4.69, 9.17) is 33.0 Å². The second-order valence-corrected chi connectivity index (χ2v) is 9.12. The topological polar surface area (TPSA) is 88.4 Å². The van der Waals surface area contributed by atoms with Crippen molar-refractivity contribution in [3.63, 3.8) is 0 Å². The number of carboxylic acid groups (broad SMARTS) is 1. The Hall–Kier alpha value is -2.74. The number of carboxylic acids is 1. The molecule has 2 aromatic heterocycles. The van der Waals surface area contributed by atoms with E-state index in [1.807, 2.05) is 31.2 Å². The smallest absolute Gasteiger partial charge is 0.303 e. The van der Waals surface area contributed by atoms with Crippen molar-refractivity contribution in [2.75, 3.05) is 13.1 Å². The van der Waals surface area contributed by atoms with Gasteiger partial charge in [0.15, 0.2) is 5.75 Å². The van der Waals surface area contributed by atoms with Crippen LogP contribution in [0, 0.1) is 12.8 Å². The summed E-state index contributed by atoms with van der Waals surface area (Å²) < 4.78 is 5.96. The SMILES string of the molecule is Cc1ncc(Oc2cc(CN3CCC(CC(=O)O)CC3)cc(-c3cc(Cl)cc(Cl)c3)n2)cn1. The summed E-state index contributed by atoms with van der Waals surface area (Å²) in [6, 6.07) is 9.22. The predicted octanol–water partition coefficient (Wildman–Crippen LogP) is 5.63. The van der Waals surface area contributed by atoms with Crippen molar-refractivity contribution in [1.29, 1.82) is 0 Å². The minimum absolute atomic E-state index is 0.235. The Morgan fingerprint density at radius 3 is 2.39 bits per heavy atom. The number of aliphatic carboxylic acids is 1. The molecule has 0 bridgehead atoms. The Morgan fingerprint density at radius 1 is 1.09 bits per heavy atom. The largest absolute Gasteiger partial charge is 0.481 e. The number of rotatable bonds is 7. The zero-order valence-corrected chi connectivity index (χ0v) is 19.7. The summed E-state index contributed by atoms with van der Waals surface area (Å²) in [5, 5.41) is 10.1. The zero-order valence-electron chi connectivity index (χ0n) is 18.2. The van der Waals surface area contributed by atoms with E-state index in [1.165, 1.54) is 0 Å². The van der Waals surface area contributed by atoms with Crippen molar-refractivity contribution in [3.05, 3.63) is 64.2 Å². The average Bonchev–Trinajstić information content (AvgIpc) is 2.76. The molecule has 1 aliphatic rings. The first kappa shape index (κ1) is 23.4. The number of likely N-dealkylation sites (tertiary alicyclic amines) is 1. The summed E-state index contributed by atoms with van der Waals surface area (Å²) in [7, 11) is 0. The van der Waals surface area contributed by atoms with Gasteiger partial charge in [-0.05, 0) is 68.6 Å². The van der Waals surface area contributed by atoms with Gasteiger partial charge in [-0.25, -0.2) is 15.0 Å². The Kier molecular flexibility index (Phi) is 7.42. The van der Waals surface area contributed by atoms with Crippen molar-refractivity contribution in [3.8, 4) is 22.9 Å². The molecule has 1 N–H and O–H groups in total. The van der Waals surface area contributed by atoms with Crippen LogP contribution in [0.25, 0.3) is 11.3 Å². The number of halogens is 2. The third-order valence-electron chi connectivity index (χ3n) is 5.58. The molecule has 172 valence electrons.